The summed E-state index contributed by atoms with van der Waals surface area (Å²) in [6.45, 7) is 0.232. The number of aliphatic hydroxyl groups is 1. The molecule has 1 aliphatic rings. The van der Waals surface area contributed by atoms with E-state index >= 15 is 0 Å². The number of hydrogen-bond acceptors (Lipinski definition) is 3. The highest BCUT2D eigenvalue weighted by Gasteiger charge is 2.27. The van der Waals surface area contributed by atoms with E-state index < -0.39 is 0 Å². The van der Waals surface area contributed by atoms with Crippen LogP contribution in [0.4, 0.5) is 0 Å². The van der Waals surface area contributed by atoms with Crippen molar-refractivity contribution in [1.82, 2.24) is 4.90 Å². The van der Waals surface area contributed by atoms with E-state index in [1.165, 1.54) is 0 Å². The minimum absolute atomic E-state index is 0.0320. The van der Waals surface area contributed by atoms with E-state index in [9.17, 15) is 15.0 Å². The van der Waals surface area contributed by atoms with Gasteiger partial charge >= 0.3 is 0 Å². The van der Waals surface area contributed by atoms with Crippen molar-refractivity contribution >= 4 is 16.7 Å². The molecule has 0 saturated heterocycles. The summed E-state index contributed by atoms with van der Waals surface area (Å²) in [5.74, 6) is 0.258. The van der Waals surface area contributed by atoms with E-state index in [0.717, 1.165) is 36.5 Å². The summed E-state index contributed by atoms with van der Waals surface area (Å²) in [6.07, 6.45) is 3.70. The molecular weight excluding hydrogens is 290 g/mol. The van der Waals surface area contributed by atoms with Crippen LogP contribution >= 0.6 is 0 Å². The van der Waals surface area contributed by atoms with Gasteiger partial charge in [-0.2, -0.15) is 0 Å². The minimum Gasteiger partial charge on any atom is -0.507 e. The Morgan fingerprint density at radius 3 is 2.35 bits per heavy atom. The van der Waals surface area contributed by atoms with Gasteiger partial charge in [0.05, 0.1) is 5.56 Å². The van der Waals surface area contributed by atoms with Gasteiger partial charge in [-0.25, -0.2) is 0 Å². The van der Waals surface area contributed by atoms with Gasteiger partial charge in [0, 0.05) is 19.7 Å². The molecule has 1 amide bonds. The molecule has 4 nitrogen and oxygen atoms in total. The molecule has 122 valence electrons. The first kappa shape index (κ1) is 15.8. The molecule has 0 radical (unpaired) electrons. The largest absolute Gasteiger partial charge is 0.507 e. The smallest absolute Gasteiger partial charge is 0.257 e. The molecular formula is C19H23NO3. The second-order valence-electron chi connectivity index (χ2n) is 6.49. The fraction of sp³-hybridized carbons (Fsp3) is 0.421. The van der Waals surface area contributed by atoms with E-state index in [1.807, 2.05) is 24.3 Å². The standard InChI is InChI=1S/C19H23NO3/c1-20(16-8-6-13(12-21)7-9-16)19(23)17-10-14-4-2-3-5-15(14)11-18(17)22/h2-5,10-11,13,16,21-22H,6-9,12H2,1H3. The van der Waals surface area contributed by atoms with Crippen LogP contribution < -0.4 is 0 Å². The normalized spacial score (nSPS) is 21.3. The molecule has 23 heavy (non-hydrogen) atoms. The zero-order valence-corrected chi connectivity index (χ0v) is 13.4. The summed E-state index contributed by atoms with van der Waals surface area (Å²) in [4.78, 5) is 14.5. The zero-order chi connectivity index (χ0) is 16.4. The lowest BCUT2D eigenvalue weighted by Gasteiger charge is -2.34. The van der Waals surface area contributed by atoms with E-state index in [1.54, 1.807) is 24.1 Å². The lowest BCUT2D eigenvalue weighted by Crippen LogP contribution is -2.39. The summed E-state index contributed by atoms with van der Waals surface area (Å²) in [6, 6.07) is 11.3. The van der Waals surface area contributed by atoms with Crippen LogP contribution in [-0.4, -0.2) is 40.7 Å². The number of aromatic hydroxyl groups is 1. The third-order valence-corrected chi connectivity index (χ3v) is 5.04. The molecule has 1 fully saturated rings. The van der Waals surface area contributed by atoms with Gasteiger partial charge in [-0.15, -0.1) is 0 Å². The monoisotopic (exact) mass is 313 g/mol. The molecule has 0 atom stereocenters. The van der Waals surface area contributed by atoms with E-state index in [0.29, 0.717) is 11.5 Å². The highest BCUT2D eigenvalue weighted by Crippen LogP contribution is 2.30. The van der Waals surface area contributed by atoms with E-state index in [-0.39, 0.29) is 24.3 Å². The number of benzene rings is 2. The fourth-order valence-electron chi connectivity index (χ4n) is 3.47. The molecule has 1 saturated carbocycles. The number of phenolic OH excluding ortho intramolecular Hbond substituents is 1. The maximum Gasteiger partial charge on any atom is 0.257 e. The van der Waals surface area contributed by atoms with Crippen LogP contribution in [0.15, 0.2) is 36.4 Å². The summed E-state index contributed by atoms with van der Waals surface area (Å²) in [5.41, 5.74) is 0.357. The van der Waals surface area contributed by atoms with Crippen LogP contribution in [0.2, 0.25) is 0 Å². The Balaban J connectivity index is 1.81. The third-order valence-electron chi connectivity index (χ3n) is 5.04. The summed E-state index contributed by atoms with van der Waals surface area (Å²) in [5, 5.41) is 21.3. The quantitative estimate of drug-likeness (QED) is 0.915. The van der Waals surface area contributed by atoms with Crippen LogP contribution in [0.1, 0.15) is 36.0 Å². The van der Waals surface area contributed by atoms with Crippen molar-refractivity contribution in [2.24, 2.45) is 5.92 Å². The molecule has 0 aromatic heterocycles. The molecule has 4 heteroatoms. The van der Waals surface area contributed by atoms with Crippen LogP contribution in [0, 0.1) is 5.92 Å². The Bertz CT molecular complexity index is 705. The second-order valence-corrected chi connectivity index (χ2v) is 6.49. The Morgan fingerprint density at radius 2 is 1.74 bits per heavy atom. The minimum atomic E-state index is -0.138. The van der Waals surface area contributed by atoms with E-state index in [2.05, 4.69) is 0 Å². The number of nitrogens with zero attached hydrogens (tertiary/aromatic N) is 1. The van der Waals surface area contributed by atoms with Crippen LogP contribution in [0.3, 0.4) is 0 Å². The van der Waals surface area contributed by atoms with Gasteiger partial charge in [0.15, 0.2) is 0 Å². The van der Waals surface area contributed by atoms with Crippen molar-refractivity contribution in [1.29, 1.82) is 0 Å². The third kappa shape index (κ3) is 3.17. The molecule has 0 aliphatic heterocycles. The Labute approximate surface area is 136 Å². The lowest BCUT2D eigenvalue weighted by atomic mass is 9.86. The molecule has 1 aliphatic carbocycles. The highest BCUT2D eigenvalue weighted by molar-refractivity contribution is 6.01. The van der Waals surface area contributed by atoms with Crippen molar-refractivity contribution in [3.63, 3.8) is 0 Å². The SMILES string of the molecule is CN(C(=O)c1cc2ccccc2cc1O)C1CCC(CO)CC1. The first-order valence-electron chi connectivity index (χ1n) is 8.20. The first-order chi connectivity index (χ1) is 11.1. The average Bonchev–Trinajstić information content (AvgIpc) is 2.60. The molecule has 0 spiro atoms. The average molecular weight is 313 g/mol. The number of rotatable bonds is 3. The van der Waals surface area contributed by atoms with E-state index in [4.69, 9.17) is 0 Å². The number of carbonyl (C=O) groups is 1. The maximum atomic E-state index is 12.8. The van der Waals surface area contributed by atoms with Gasteiger partial charge in [-0.1, -0.05) is 24.3 Å². The molecule has 2 aromatic carbocycles. The summed E-state index contributed by atoms with van der Waals surface area (Å²) in [7, 11) is 1.81. The molecule has 0 heterocycles. The molecule has 0 bridgehead atoms. The van der Waals surface area contributed by atoms with Gasteiger partial charge < -0.3 is 15.1 Å². The van der Waals surface area contributed by atoms with Crippen molar-refractivity contribution in [3.8, 4) is 5.75 Å². The van der Waals surface area contributed by atoms with Crippen LogP contribution in [-0.2, 0) is 0 Å². The van der Waals surface area contributed by atoms with Crippen molar-refractivity contribution in [3.05, 3.63) is 42.0 Å². The molecule has 3 rings (SSSR count). The van der Waals surface area contributed by atoms with Crippen molar-refractivity contribution in [2.45, 2.75) is 31.7 Å². The summed E-state index contributed by atoms with van der Waals surface area (Å²) < 4.78 is 0. The van der Waals surface area contributed by atoms with Gasteiger partial charge in [-0.3, -0.25) is 4.79 Å². The number of phenols is 1. The predicted molar refractivity (Wildman–Crippen MR) is 90.5 cm³/mol. The predicted octanol–water partition coefficient (Wildman–Crippen LogP) is 3.17. The maximum absolute atomic E-state index is 12.8. The summed E-state index contributed by atoms with van der Waals surface area (Å²) >= 11 is 0. The van der Waals surface area contributed by atoms with Gasteiger partial charge in [0.1, 0.15) is 5.75 Å². The van der Waals surface area contributed by atoms with Gasteiger partial charge in [0.25, 0.3) is 5.91 Å². The number of hydrogen-bond donors (Lipinski definition) is 2. The lowest BCUT2D eigenvalue weighted by molar-refractivity contribution is 0.0650. The highest BCUT2D eigenvalue weighted by atomic mass is 16.3. The molecule has 2 aromatic rings. The second kappa shape index (κ2) is 6.59. The zero-order valence-electron chi connectivity index (χ0n) is 13.4. The fourth-order valence-corrected chi connectivity index (χ4v) is 3.47. The number of aliphatic hydroxyl groups excluding tert-OH is 1. The van der Waals surface area contributed by atoms with Crippen LogP contribution in [0.5, 0.6) is 5.75 Å². The topological polar surface area (TPSA) is 60.8 Å². The number of fused-ring (bicyclic) bond motifs is 1. The van der Waals surface area contributed by atoms with Gasteiger partial charge in [0.2, 0.25) is 0 Å². The van der Waals surface area contributed by atoms with Crippen LogP contribution in [0.25, 0.3) is 10.8 Å². The molecule has 2 N–H and O–H groups in total. The van der Waals surface area contributed by atoms with Crippen molar-refractivity contribution in [2.75, 3.05) is 13.7 Å². The number of carbonyl (C=O) groups excluding carboxylic acids is 1. The van der Waals surface area contributed by atoms with Gasteiger partial charge in [-0.05, 0) is 54.5 Å². The first-order valence-corrected chi connectivity index (χ1v) is 8.20. The Hall–Kier alpha value is -2.07. The Kier molecular flexibility index (Phi) is 4.53. The molecule has 0 unspecified atom stereocenters. The van der Waals surface area contributed by atoms with Crippen molar-refractivity contribution < 1.29 is 15.0 Å². The Morgan fingerprint density at radius 1 is 1.13 bits per heavy atom. The number of amides is 1.